The lowest BCUT2D eigenvalue weighted by Crippen LogP contribution is -2.00. The first-order valence-electron chi connectivity index (χ1n) is 18.2. The number of hydrogen-bond donors (Lipinski definition) is 0. The summed E-state index contributed by atoms with van der Waals surface area (Å²) in [5.41, 5.74) is 13.9. The van der Waals surface area contributed by atoms with E-state index in [2.05, 4.69) is 97.1 Å². The second kappa shape index (κ2) is 12.2. The van der Waals surface area contributed by atoms with Crippen molar-refractivity contribution < 1.29 is 4.42 Å². The third-order valence-corrected chi connectivity index (χ3v) is 10.8. The molecule has 0 atom stereocenters. The molecule has 2 aromatic heterocycles. The van der Waals surface area contributed by atoms with Crippen molar-refractivity contribution in [2.24, 2.45) is 0 Å². The number of aromatic nitrogens is 3. The maximum absolute atomic E-state index is 10.1. The molecule has 1 aliphatic carbocycles. The van der Waals surface area contributed by atoms with E-state index in [1.807, 2.05) is 78.9 Å². The summed E-state index contributed by atoms with van der Waals surface area (Å²) in [4.78, 5) is 15.0. The van der Waals surface area contributed by atoms with Crippen LogP contribution in [0.3, 0.4) is 0 Å². The topological polar surface area (TPSA) is 75.6 Å². The molecule has 0 saturated carbocycles. The second-order valence-corrected chi connectivity index (χ2v) is 13.8. The molecule has 5 heteroatoms. The van der Waals surface area contributed by atoms with Crippen molar-refractivity contribution in [3.63, 3.8) is 0 Å². The zero-order valence-electron chi connectivity index (χ0n) is 29.4. The van der Waals surface area contributed by atoms with Gasteiger partial charge >= 0.3 is 0 Å². The van der Waals surface area contributed by atoms with Crippen molar-refractivity contribution in [2.75, 3.05) is 0 Å². The fraction of sp³-hybridized carbons (Fsp3) is 0. The van der Waals surface area contributed by atoms with Gasteiger partial charge in [0, 0.05) is 33.0 Å². The van der Waals surface area contributed by atoms with E-state index in [-0.39, 0.29) is 0 Å². The zero-order chi connectivity index (χ0) is 36.5. The number of para-hydroxylation sites is 1. The van der Waals surface area contributed by atoms with Gasteiger partial charge in [-0.2, -0.15) is 5.26 Å². The first-order chi connectivity index (χ1) is 27.2. The number of hydrogen-bond acceptors (Lipinski definition) is 5. The van der Waals surface area contributed by atoms with Crippen LogP contribution in [-0.4, -0.2) is 15.0 Å². The van der Waals surface area contributed by atoms with E-state index in [0.29, 0.717) is 23.0 Å². The molecule has 11 rings (SSSR count). The lowest BCUT2D eigenvalue weighted by Gasteiger charge is -2.16. The molecule has 2 heterocycles. The Kier molecular flexibility index (Phi) is 6.85. The molecule has 5 nitrogen and oxygen atoms in total. The van der Waals surface area contributed by atoms with Crippen molar-refractivity contribution in [3.8, 4) is 84.7 Å². The summed E-state index contributed by atoms with van der Waals surface area (Å²) in [6.45, 7) is 0. The third-order valence-electron chi connectivity index (χ3n) is 10.8. The molecule has 0 N–H and O–H groups in total. The normalized spacial score (nSPS) is 11.6. The van der Waals surface area contributed by atoms with Gasteiger partial charge in [-0.3, -0.25) is 0 Å². The Bertz CT molecular complexity index is 3180. The smallest absolute Gasteiger partial charge is 0.164 e. The summed E-state index contributed by atoms with van der Waals surface area (Å²) in [5, 5.41) is 14.6. The number of nitriles is 1. The van der Waals surface area contributed by atoms with Crippen molar-refractivity contribution in [3.05, 3.63) is 175 Å². The lowest BCUT2D eigenvalue weighted by atomic mass is 9.87. The van der Waals surface area contributed by atoms with E-state index in [1.54, 1.807) is 0 Å². The van der Waals surface area contributed by atoms with Crippen molar-refractivity contribution in [1.29, 1.82) is 5.26 Å². The minimum Gasteiger partial charge on any atom is -0.456 e. The average Bonchev–Trinajstić information content (AvgIpc) is 3.80. The standard InChI is InChI=1S/C50H28N4O/c51-29-34-12-4-5-13-35(34)41-26-27-43-38-15-7-6-14-37(38)42-25-24-36(46(41)47(42)43)30-18-20-32(21-19-30)49-52-48(31-10-2-1-3-11-31)53-50(54-49)33-22-23-40-39-16-8-9-17-44(39)55-45(40)28-33/h1-28H. The van der Waals surface area contributed by atoms with Gasteiger partial charge in [0.2, 0.25) is 0 Å². The van der Waals surface area contributed by atoms with Crippen LogP contribution in [0.4, 0.5) is 0 Å². The summed E-state index contributed by atoms with van der Waals surface area (Å²) in [6, 6.07) is 60.4. The van der Waals surface area contributed by atoms with Crippen molar-refractivity contribution in [2.45, 2.75) is 0 Å². The highest BCUT2D eigenvalue weighted by atomic mass is 16.3. The zero-order valence-corrected chi connectivity index (χ0v) is 29.4. The van der Waals surface area contributed by atoms with Gasteiger partial charge in [-0.15, -0.1) is 0 Å². The van der Waals surface area contributed by atoms with E-state index >= 15 is 0 Å². The number of rotatable bonds is 5. The summed E-state index contributed by atoms with van der Waals surface area (Å²) in [6.07, 6.45) is 0. The van der Waals surface area contributed by atoms with Gasteiger partial charge in [-0.05, 0) is 74.0 Å². The number of benzene rings is 8. The Morgan fingerprint density at radius 3 is 1.56 bits per heavy atom. The summed E-state index contributed by atoms with van der Waals surface area (Å²) in [7, 11) is 0. The molecule has 55 heavy (non-hydrogen) atoms. The predicted molar refractivity (Wildman–Crippen MR) is 221 cm³/mol. The highest BCUT2D eigenvalue weighted by Gasteiger charge is 2.25. The van der Waals surface area contributed by atoms with Gasteiger partial charge < -0.3 is 4.42 Å². The Hall–Kier alpha value is -7.68. The highest BCUT2D eigenvalue weighted by Crippen LogP contribution is 2.52. The van der Waals surface area contributed by atoms with E-state index in [1.165, 1.54) is 27.6 Å². The van der Waals surface area contributed by atoms with E-state index in [4.69, 9.17) is 19.4 Å². The summed E-state index contributed by atoms with van der Waals surface area (Å²) in [5.74, 6) is 1.75. The van der Waals surface area contributed by atoms with E-state index in [9.17, 15) is 5.26 Å². The van der Waals surface area contributed by atoms with Gasteiger partial charge in [-0.1, -0.05) is 146 Å². The van der Waals surface area contributed by atoms with Crippen LogP contribution < -0.4 is 0 Å². The summed E-state index contributed by atoms with van der Waals surface area (Å²) >= 11 is 0. The molecule has 8 aromatic carbocycles. The minimum atomic E-state index is 0.572. The number of furan rings is 1. The van der Waals surface area contributed by atoms with E-state index in [0.717, 1.165) is 66.3 Å². The Morgan fingerprint density at radius 2 is 0.855 bits per heavy atom. The van der Waals surface area contributed by atoms with Gasteiger partial charge in [0.15, 0.2) is 17.5 Å². The minimum absolute atomic E-state index is 0.572. The van der Waals surface area contributed by atoms with Crippen LogP contribution in [0.25, 0.3) is 111 Å². The van der Waals surface area contributed by atoms with Gasteiger partial charge in [-0.25, -0.2) is 15.0 Å². The summed E-state index contributed by atoms with van der Waals surface area (Å²) < 4.78 is 6.23. The van der Waals surface area contributed by atoms with Crippen LogP contribution >= 0.6 is 0 Å². The van der Waals surface area contributed by atoms with Crippen LogP contribution in [0.2, 0.25) is 0 Å². The molecular weight excluding hydrogens is 673 g/mol. The van der Waals surface area contributed by atoms with Gasteiger partial charge in [0.1, 0.15) is 11.2 Å². The Balaban J connectivity index is 1.07. The molecule has 10 aromatic rings. The Labute approximate surface area is 316 Å². The fourth-order valence-corrected chi connectivity index (χ4v) is 8.19. The molecule has 0 saturated heterocycles. The number of fused-ring (bicyclic) bond motifs is 6. The molecule has 0 amide bonds. The van der Waals surface area contributed by atoms with Crippen LogP contribution in [-0.2, 0) is 0 Å². The van der Waals surface area contributed by atoms with Crippen molar-refractivity contribution >= 4 is 32.7 Å². The first-order valence-corrected chi connectivity index (χ1v) is 18.2. The predicted octanol–water partition coefficient (Wildman–Crippen LogP) is 12.8. The molecular formula is C50H28N4O. The maximum atomic E-state index is 10.1. The van der Waals surface area contributed by atoms with E-state index < -0.39 is 0 Å². The monoisotopic (exact) mass is 700 g/mol. The average molecular weight is 701 g/mol. The maximum Gasteiger partial charge on any atom is 0.164 e. The Morgan fingerprint density at radius 1 is 0.364 bits per heavy atom. The molecule has 0 radical (unpaired) electrons. The quantitative estimate of drug-likeness (QED) is 0.179. The molecule has 0 fully saturated rings. The van der Waals surface area contributed by atoms with Crippen LogP contribution in [0.5, 0.6) is 0 Å². The largest absolute Gasteiger partial charge is 0.456 e. The molecule has 0 aliphatic heterocycles. The molecule has 0 bridgehead atoms. The fourth-order valence-electron chi connectivity index (χ4n) is 8.19. The second-order valence-electron chi connectivity index (χ2n) is 13.8. The van der Waals surface area contributed by atoms with Crippen LogP contribution in [0.15, 0.2) is 174 Å². The molecule has 0 unspecified atom stereocenters. The van der Waals surface area contributed by atoms with Crippen LogP contribution in [0, 0.1) is 11.3 Å². The molecule has 1 aliphatic rings. The van der Waals surface area contributed by atoms with Crippen molar-refractivity contribution in [1.82, 2.24) is 15.0 Å². The molecule has 0 spiro atoms. The third kappa shape index (κ3) is 4.90. The molecule has 254 valence electrons. The SMILES string of the molecule is N#Cc1ccccc1-c1ccc2c3c(ccc(-c4ccc(-c5nc(-c6ccccc6)nc(-c6ccc7c(c6)oc6ccccc67)n5)cc4)c13)-c1ccccc1-2. The lowest BCUT2D eigenvalue weighted by molar-refractivity contribution is 0.669. The van der Waals surface area contributed by atoms with Crippen LogP contribution in [0.1, 0.15) is 5.56 Å². The number of nitrogens with zero attached hydrogens (tertiary/aromatic N) is 4. The first kappa shape index (κ1) is 30.9. The highest BCUT2D eigenvalue weighted by molar-refractivity contribution is 6.22. The van der Waals surface area contributed by atoms with Gasteiger partial charge in [0.05, 0.1) is 11.6 Å². The van der Waals surface area contributed by atoms with Gasteiger partial charge in [0.25, 0.3) is 0 Å².